The van der Waals surface area contributed by atoms with E-state index in [1.807, 2.05) is 31.2 Å². The van der Waals surface area contributed by atoms with E-state index >= 15 is 0 Å². The maximum Gasteiger partial charge on any atom is 0.146 e. The van der Waals surface area contributed by atoms with Crippen molar-refractivity contribution in [1.29, 1.82) is 0 Å². The van der Waals surface area contributed by atoms with E-state index in [0.29, 0.717) is 5.75 Å². The summed E-state index contributed by atoms with van der Waals surface area (Å²) in [7, 11) is 1.61. The van der Waals surface area contributed by atoms with Crippen LogP contribution in [0.4, 0.5) is 10.1 Å². The maximum atomic E-state index is 13.1. The summed E-state index contributed by atoms with van der Waals surface area (Å²) in [6.07, 6.45) is -0.221. The average molecular weight is 261 g/mol. The van der Waals surface area contributed by atoms with Crippen LogP contribution in [0.2, 0.25) is 0 Å². The average Bonchev–Trinajstić information content (AvgIpc) is 2.43. The molecule has 100 valence electrons. The number of halogens is 1. The Bertz CT molecular complexity index is 572. The highest BCUT2D eigenvalue weighted by atomic mass is 19.1. The summed E-state index contributed by atoms with van der Waals surface area (Å²) in [5, 5.41) is 0. The van der Waals surface area contributed by atoms with Gasteiger partial charge in [0.2, 0.25) is 0 Å². The lowest BCUT2D eigenvalue weighted by molar-refractivity contribution is 0.221. The molecule has 19 heavy (non-hydrogen) atoms. The Morgan fingerprint density at radius 3 is 2.58 bits per heavy atom. The molecular weight excluding hydrogens is 245 g/mol. The lowest BCUT2D eigenvalue weighted by Gasteiger charge is -2.18. The molecule has 0 amide bonds. The Labute approximate surface area is 111 Å². The zero-order valence-corrected chi connectivity index (χ0v) is 10.9. The second-order valence-corrected chi connectivity index (χ2v) is 4.19. The van der Waals surface area contributed by atoms with Gasteiger partial charge in [0.1, 0.15) is 23.4 Å². The fraction of sp³-hybridized carbons (Fsp3) is 0.200. The zero-order valence-electron chi connectivity index (χ0n) is 10.9. The first kappa shape index (κ1) is 13.2. The van der Waals surface area contributed by atoms with Crippen LogP contribution in [0.1, 0.15) is 18.6 Å². The molecule has 0 heterocycles. The van der Waals surface area contributed by atoms with E-state index in [0.717, 1.165) is 11.3 Å². The van der Waals surface area contributed by atoms with Crippen molar-refractivity contribution in [2.45, 2.75) is 13.0 Å². The third-order valence-electron chi connectivity index (χ3n) is 2.86. The van der Waals surface area contributed by atoms with Crippen molar-refractivity contribution in [3.63, 3.8) is 0 Å². The quantitative estimate of drug-likeness (QED) is 0.856. The van der Waals surface area contributed by atoms with Gasteiger partial charge in [0.05, 0.1) is 12.8 Å². The first-order chi connectivity index (χ1) is 9.11. The molecule has 0 aliphatic carbocycles. The van der Waals surface area contributed by atoms with Crippen LogP contribution < -0.4 is 15.2 Å². The molecule has 2 rings (SSSR count). The number of hydrogen-bond acceptors (Lipinski definition) is 3. The van der Waals surface area contributed by atoms with Crippen LogP contribution >= 0.6 is 0 Å². The SMILES string of the molecule is COc1ccccc1C(C)Oc1ccc(F)c(N)c1. The minimum Gasteiger partial charge on any atom is -0.496 e. The van der Waals surface area contributed by atoms with Gasteiger partial charge < -0.3 is 15.2 Å². The van der Waals surface area contributed by atoms with Crippen molar-refractivity contribution < 1.29 is 13.9 Å². The molecular formula is C15H16FNO2. The summed E-state index contributed by atoms with van der Waals surface area (Å²) in [5.41, 5.74) is 6.51. The highest BCUT2D eigenvalue weighted by Gasteiger charge is 2.13. The number of hydrogen-bond donors (Lipinski definition) is 1. The monoisotopic (exact) mass is 261 g/mol. The molecule has 2 aromatic carbocycles. The molecule has 1 atom stereocenters. The lowest BCUT2D eigenvalue weighted by Crippen LogP contribution is -2.05. The normalized spacial score (nSPS) is 11.9. The van der Waals surface area contributed by atoms with Crippen LogP contribution in [0.3, 0.4) is 0 Å². The molecule has 0 saturated carbocycles. The van der Waals surface area contributed by atoms with E-state index < -0.39 is 5.82 Å². The topological polar surface area (TPSA) is 44.5 Å². The van der Waals surface area contributed by atoms with Gasteiger partial charge in [-0.05, 0) is 25.1 Å². The number of para-hydroxylation sites is 1. The number of nitrogens with two attached hydrogens (primary N) is 1. The van der Waals surface area contributed by atoms with Gasteiger partial charge in [-0.15, -0.1) is 0 Å². The van der Waals surface area contributed by atoms with Crippen LogP contribution in [0, 0.1) is 5.82 Å². The molecule has 0 bridgehead atoms. The largest absolute Gasteiger partial charge is 0.496 e. The first-order valence-corrected chi connectivity index (χ1v) is 5.96. The summed E-state index contributed by atoms with van der Waals surface area (Å²) in [6.45, 7) is 1.90. The third kappa shape index (κ3) is 2.96. The van der Waals surface area contributed by atoms with E-state index in [9.17, 15) is 4.39 Å². The van der Waals surface area contributed by atoms with Crippen molar-refractivity contribution in [3.8, 4) is 11.5 Å². The molecule has 0 aliphatic heterocycles. The minimum atomic E-state index is -0.447. The summed E-state index contributed by atoms with van der Waals surface area (Å²) in [5.74, 6) is 0.833. The summed E-state index contributed by atoms with van der Waals surface area (Å²) in [4.78, 5) is 0. The minimum absolute atomic E-state index is 0.0738. The predicted molar refractivity (Wildman–Crippen MR) is 72.8 cm³/mol. The number of benzene rings is 2. The first-order valence-electron chi connectivity index (χ1n) is 5.96. The molecule has 0 aliphatic rings. The van der Waals surface area contributed by atoms with Crippen LogP contribution in [0.15, 0.2) is 42.5 Å². The third-order valence-corrected chi connectivity index (χ3v) is 2.86. The van der Waals surface area contributed by atoms with E-state index in [2.05, 4.69) is 0 Å². The summed E-state index contributed by atoms with van der Waals surface area (Å²) < 4.78 is 24.1. The standard InChI is InChI=1S/C15H16FNO2/c1-10(12-5-3-4-6-15(12)18-2)19-11-7-8-13(16)14(17)9-11/h3-10H,17H2,1-2H3. The lowest BCUT2D eigenvalue weighted by atomic mass is 10.1. The Hall–Kier alpha value is -2.23. The highest BCUT2D eigenvalue weighted by Crippen LogP contribution is 2.29. The highest BCUT2D eigenvalue weighted by molar-refractivity contribution is 5.45. The fourth-order valence-electron chi connectivity index (χ4n) is 1.87. The van der Waals surface area contributed by atoms with E-state index in [4.69, 9.17) is 15.2 Å². The zero-order chi connectivity index (χ0) is 13.8. The van der Waals surface area contributed by atoms with E-state index in [-0.39, 0.29) is 11.8 Å². The van der Waals surface area contributed by atoms with Gasteiger partial charge in [-0.3, -0.25) is 0 Å². The number of ether oxygens (including phenoxy) is 2. The molecule has 0 fully saturated rings. The Morgan fingerprint density at radius 1 is 1.16 bits per heavy atom. The second-order valence-electron chi connectivity index (χ2n) is 4.19. The Balaban J connectivity index is 2.20. The predicted octanol–water partition coefficient (Wildman–Crippen LogP) is 3.56. The molecule has 1 unspecified atom stereocenters. The molecule has 0 radical (unpaired) electrons. The number of methoxy groups -OCH3 is 1. The van der Waals surface area contributed by atoms with Crippen molar-refractivity contribution in [2.24, 2.45) is 0 Å². The molecule has 4 heteroatoms. The van der Waals surface area contributed by atoms with Gasteiger partial charge in [-0.1, -0.05) is 18.2 Å². The van der Waals surface area contributed by atoms with Crippen molar-refractivity contribution >= 4 is 5.69 Å². The van der Waals surface area contributed by atoms with Crippen LogP contribution in [0.25, 0.3) is 0 Å². The number of nitrogen functional groups attached to an aromatic ring is 1. The summed E-state index contributed by atoms with van der Waals surface area (Å²) in [6, 6.07) is 11.9. The van der Waals surface area contributed by atoms with Gasteiger partial charge in [-0.25, -0.2) is 4.39 Å². The van der Waals surface area contributed by atoms with Crippen LogP contribution in [-0.4, -0.2) is 7.11 Å². The van der Waals surface area contributed by atoms with Crippen molar-refractivity contribution in [3.05, 3.63) is 53.8 Å². The second kappa shape index (κ2) is 5.61. The van der Waals surface area contributed by atoms with Crippen molar-refractivity contribution in [2.75, 3.05) is 12.8 Å². The molecule has 0 spiro atoms. The molecule has 2 aromatic rings. The maximum absolute atomic E-state index is 13.1. The Morgan fingerprint density at radius 2 is 1.89 bits per heavy atom. The van der Waals surface area contributed by atoms with E-state index in [1.165, 1.54) is 12.1 Å². The van der Waals surface area contributed by atoms with E-state index in [1.54, 1.807) is 13.2 Å². The summed E-state index contributed by atoms with van der Waals surface area (Å²) >= 11 is 0. The van der Waals surface area contributed by atoms with Gasteiger partial charge in [0.25, 0.3) is 0 Å². The van der Waals surface area contributed by atoms with Gasteiger partial charge in [0, 0.05) is 11.6 Å². The molecule has 0 aromatic heterocycles. The fourth-order valence-corrected chi connectivity index (χ4v) is 1.87. The van der Waals surface area contributed by atoms with Crippen LogP contribution in [-0.2, 0) is 0 Å². The van der Waals surface area contributed by atoms with Crippen LogP contribution in [0.5, 0.6) is 11.5 Å². The molecule has 3 nitrogen and oxygen atoms in total. The number of rotatable bonds is 4. The van der Waals surface area contributed by atoms with Crippen molar-refractivity contribution in [1.82, 2.24) is 0 Å². The molecule has 0 saturated heterocycles. The van der Waals surface area contributed by atoms with Gasteiger partial charge >= 0.3 is 0 Å². The van der Waals surface area contributed by atoms with Gasteiger partial charge in [0.15, 0.2) is 0 Å². The molecule has 2 N–H and O–H groups in total. The Kier molecular flexibility index (Phi) is 3.90. The van der Waals surface area contributed by atoms with Gasteiger partial charge in [-0.2, -0.15) is 0 Å². The smallest absolute Gasteiger partial charge is 0.146 e. The number of anilines is 1.